The van der Waals surface area contributed by atoms with Gasteiger partial charge < -0.3 is 0 Å². The van der Waals surface area contributed by atoms with Crippen LogP contribution < -0.4 is 0 Å². The van der Waals surface area contributed by atoms with Crippen molar-refractivity contribution in [2.45, 2.75) is 6.43 Å². The monoisotopic (exact) mass is 168 g/mol. The van der Waals surface area contributed by atoms with Crippen LogP contribution in [0.2, 0.25) is 0 Å². The zero-order chi connectivity index (χ0) is 8.55. The van der Waals surface area contributed by atoms with Crippen molar-refractivity contribution in [1.29, 1.82) is 0 Å². The van der Waals surface area contributed by atoms with E-state index in [9.17, 15) is 8.78 Å². The van der Waals surface area contributed by atoms with Gasteiger partial charge in [-0.15, -0.1) is 0 Å². The van der Waals surface area contributed by atoms with E-state index in [0.29, 0.717) is 5.65 Å². The second-order valence-electron chi connectivity index (χ2n) is 2.25. The summed E-state index contributed by atoms with van der Waals surface area (Å²) in [6, 6.07) is 2.68. The Morgan fingerprint density at radius 3 is 3.08 bits per heavy atom. The molecule has 3 nitrogen and oxygen atoms in total. The highest BCUT2D eigenvalue weighted by atomic mass is 19.3. The Kier molecular flexibility index (Phi) is 1.49. The Hall–Kier alpha value is -1.52. The Bertz CT molecular complexity index is 396. The molecule has 0 N–H and O–H groups in total. The fourth-order valence-electron chi connectivity index (χ4n) is 0.883. The fourth-order valence-corrected chi connectivity index (χ4v) is 0.883. The summed E-state index contributed by atoms with van der Waals surface area (Å²) >= 11 is 0. The molecule has 2 heterocycles. The second kappa shape index (κ2) is 2.51. The predicted molar refractivity (Wildman–Crippen MR) is 36.8 cm³/mol. The molecule has 2 aromatic rings. The van der Waals surface area contributed by atoms with Crippen LogP contribution in [0.4, 0.5) is 8.78 Å². The van der Waals surface area contributed by atoms with E-state index in [-0.39, 0.29) is 5.56 Å². The number of hydrogen-bond donors (Lipinski definition) is 0. The fraction of sp³-hybridized carbons (Fsp3) is 0.143. The van der Waals surface area contributed by atoms with E-state index < -0.39 is 6.43 Å². The summed E-state index contributed by atoms with van der Waals surface area (Å²) in [5, 5.41) is 3.73. The molecule has 0 amide bonds. The van der Waals surface area contributed by atoms with Crippen LogP contribution in [0.5, 0.6) is 0 Å². The van der Waals surface area contributed by atoms with Crippen molar-refractivity contribution in [3.63, 3.8) is 0 Å². The standard InChI is InChI=1S/C7H4F2N3/c8-7(9)5-3-10-6-1-2-11-12(6)4-5/h2-4,7H. The smallest absolute Gasteiger partial charge is 0.236 e. The molecular formula is C7H4F2N3. The first kappa shape index (κ1) is 7.15. The number of fused-ring (bicyclic) bond motifs is 1. The van der Waals surface area contributed by atoms with Gasteiger partial charge in [0.15, 0.2) is 5.65 Å². The highest BCUT2D eigenvalue weighted by Gasteiger charge is 2.08. The van der Waals surface area contributed by atoms with Crippen LogP contribution in [0, 0.1) is 6.07 Å². The lowest BCUT2D eigenvalue weighted by Gasteiger charge is -1.97. The van der Waals surface area contributed by atoms with Crippen LogP contribution >= 0.6 is 0 Å². The minimum absolute atomic E-state index is 0.139. The summed E-state index contributed by atoms with van der Waals surface area (Å²) in [5.74, 6) is 0. The molecule has 0 aliphatic rings. The van der Waals surface area contributed by atoms with E-state index in [4.69, 9.17) is 0 Å². The third kappa shape index (κ3) is 1.03. The van der Waals surface area contributed by atoms with Gasteiger partial charge in [0.05, 0.1) is 17.8 Å². The molecule has 0 atom stereocenters. The highest BCUT2D eigenvalue weighted by molar-refractivity contribution is 5.34. The summed E-state index contributed by atoms with van der Waals surface area (Å²) in [7, 11) is 0. The van der Waals surface area contributed by atoms with Gasteiger partial charge in [0, 0.05) is 12.4 Å². The van der Waals surface area contributed by atoms with Crippen molar-refractivity contribution in [2.75, 3.05) is 0 Å². The van der Waals surface area contributed by atoms with E-state index in [1.807, 2.05) is 0 Å². The lowest BCUT2D eigenvalue weighted by Crippen LogP contribution is -1.94. The van der Waals surface area contributed by atoms with E-state index in [1.165, 1.54) is 16.9 Å². The average Bonchev–Trinajstić information content (AvgIpc) is 2.49. The van der Waals surface area contributed by atoms with Gasteiger partial charge in [0.1, 0.15) is 0 Å². The number of halogens is 2. The highest BCUT2D eigenvalue weighted by Crippen LogP contribution is 2.16. The average molecular weight is 168 g/mol. The lowest BCUT2D eigenvalue weighted by atomic mass is 10.4. The first-order valence-corrected chi connectivity index (χ1v) is 3.26. The molecule has 2 aromatic heterocycles. The second-order valence-corrected chi connectivity index (χ2v) is 2.25. The molecule has 5 heteroatoms. The van der Waals surface area contributed by atoms with Gasteiger partial charge in [0.2, 0.25) is 0 Å². The first-order chi connectivity index (χ1) is 5.77. The molecule has 0 fully saturated rings. The zero-order valence-electron chi connectivity index (χ0n) is 5.91. The number of hydrogen-bond acceptors (Lipinski definition) is 2. The molecule has 0 saturated heterocycles. The minimum Gasteiger partial charge on any atom is -0.236 e. The van der Waals surface area contributed by atoms with Crippen LogP contribution in [-0.2, 0) is 0 Å². The maximum Gasteiger partial charge on any atom is 0.266 e. The van der Waals surface area contributed by atoms with Crippen LogP contribution in [-0.4, -0.2) is 14.6 Å². The van der Waals surface area contributed by atoms with E-state index >= 15 is 0 Å². The molecule has 0 aliphatic heterocycles. The van der Waals surface area contributed by atoms with E-state index in [0.717, 1.165) is 6.20 Å². The number of aromatic nitrogens is 3. The normalized spacial score (nSPS) is 11.2. The van der Waals surface area contributed by atoms with Gasteiger partial charge in [0.25, 0.3) is 6.43 Å². The van der Waals surface area contributed by atoms with E-state index in [2.05, 4.69) is 16.1 Å². The number of nitrogens with zero attached hydrogens (tertiary/aromatic N) is 3. The summed E-state index contributed by atoms with van der Waals surface area (Å²) in [5.41, 5.74) is 0.305. The predicted octanol–water partition coefficient (Wildman–Crippen LogP) is 1.47. The Morgan fingerprint density at radius 1 is 1.50 bits per heavy atom. The van der Waals surface area contributed by atoms with Crippen LogP contribution in [0.15, 0.2) is 18.6 Å². The maximum absolute atomic E-state index is 12.1. The molecule has 0 aromatic carbocycles. The zero-order valence-corrected chi connectivity index (χ0v) is 5.91. The lowest BCUT2D eigenvalue weighted by molar-refractivity contribution is 0.150. The van der Waals surface area contributed by atoms with Crippen molar-refractivity contribution >= 4 is 5.65 Å². The van der Waals surface area contributed by atoms with Crippen LogP contribution in [0.3, 0.4) is 0 Å². The first-order valence-electron chi connectivity index (χ1n) is 3.26. The molecule has 0 aliphatic carbocycles. The summed E-state index contributed by atoms with van der Waals surface area (Å²) in [6.45, 7) is 0. The van der Waals surface area contributed by atoms with Crippen molar-refractivity contribution in [2.24, 2.45) is 0 Å². The molecule has 0 spiro atoms. The van der Waals surface area contributed by atoms with Crippen LogP contribution in [0.1, 0.15) is 12.0 Å². The van der Waals surface area contributed by atoms with Crippen molar-refractivity contribution < 1.29 is 8.78 Å². The van der Waals surface area contributed by atoms with Crippen molar-refractivity contribution in [3.8, 4) is 0 Å². The summed E-state index contributed by atoms with van der Waals surface area (Å²) in [6.07, 6.45) is 1.24. The van der Waals surface area contributed by atoms with Gasteiger partial charge in [-0.3, -0.25) is 0 Å². The van der Waals surface area contributed by atoms with Crippen LogP contribution in [0.25, 0.3) is 5.65 Å². The molecule has 12 heavy (non-hydrogen) atoms. The third-order valence-electron chi connectivity index (χ3n) is 1.45. The van der Waals surface area contributed by atoms with Crippen molar-refractivity contribution in [3.05, 3.63) is 30.2 Å². The SMILES string of the molecule is FC(F)c1cnc2[c]cnn2c1. The Morgan fingerprint density at radius 2 is 2.33 bits per heavy atom. The molecule has 61 valence electrons. The molecular weight excluding hydrogens is 164 g/mol. The van der Waals surface area contributed by atoms with Gasteiger partial charge in [-0.25, -0.2) is 18.3 Å². The number of rotatable bonds is 1. The molecule has 0 unspecified atom stereocenters. The molecule has 2 rings (SSSR count). The van der Waals surface area contributed by atoms with Gasteiger partial charge in [-0.05, 0) is 0 Å². The van der Waals surface area contributed by atoms with Crippen molar-refractivity contribution in [1.82, 2.24) is 14.6 Å². The Balaban J connectivity index is 2.60. The summed E-state index contributed by atoms with van der Waals surface area (Å²) < 4.78 is 25.5. The minimum atomic E-state index is -2.51. The third-order valence-corrected chi connectivity index (χ3v) is 1.45. The van der Waals surface area contributed by atoms with Gasteiger partial charge in [-0.2, -0.15) is 5.10 Å². The summed E-state index contributed by atoms with van der Waals surface area (Å²) in [4.78, 5) is 3.73. The number of alkyl halides is 2. The molecule has 0 saturated carbocycles. The largest absolute Gasteiger partial charge is 0.266 e. The quantitative estimate of drug-likeness (QED) is 0.645. The van der Waals surface area contributed by atoms with Gasteiger partial charge >= 0.3 is 0 Å². The topological polar surface area (TPSA) is 30.2 Å². The van der Waals surface area contributed by atoms with Gasteiger partial charge in [-0.1, -0.05) is 0 Å². The molecule has 0 bridgehead atoms. The molecule has 1 radical (unpaired) electrons. The van der Waals surface area contributed by atoms with E-state index in [1.54, 1.807) is 0 Å². The Labute approximate surface area is 66.7 Å². The maximum atomic E-state index is 12.1.